The van der Waals surface area contributed by atoms with Gasteiger partial charge in [0.2, 0.25) is 0 Å². The van der Waals surface area contributed by atoms with Gasteiger partial charge in [0.05, 0.1) is 39.9 Å². The molecule has 7 heteroatoms. The summed E-state index contributed by atoms with van der Waals surface area (Å²) < 4.78 is 70.0. The van der Waals surface area contributed by atoms with Gasteiger partial charge in [-0.2, -0.15) is 5.26 Å². The molecule has 0 unspecified atom stereocenters. The van der Waals surface area contributed by atoms with E-state index in [4.69, 9.17) is 27.2 Å². The predicted molar refractivity (Wildman–Crippen MR) is 139 cm³/mol. The van der Waals surface area contributed by atoms with Gasteiger partial charge in [-0.3, -0.25) is 0 Å². The van der Waals surface area contributed by atoms with Crippen molar-refractivity contribution in [2.45, 2.75) is 38.4 Å². The van der Waals surface area contributed by atoms with E-state index >= 15 is 0 Å². The molecule has 0 spiro atoms. The van der Waals surface area contributed by atoms with Crippen LogP contribution in [0.2, 0.25) is 0 Å². The third kappa shape index (κ3) is 6.94. The van der Waals surface area contributed by atoms with Crippen molar-refractivity contribution < 1.29 is 27.2 Å². The van der Waals surface area contributed by atoms with Crippen LogP contribution < -0.4 is 18.9 Å². The van der Waals surface area contributed by atoms with Crippen molar-refractivity contribution in [2.75, 3.05) is 48.6 Å². The Morgan fingerprint density at radius 1 is 0.912 bits per heavy atom. The average molecular weight is 497 g/mol. The van der Waals surface area contributed by atoms with Gasteiger partial charge >= 0.3 is 0 Å². The lowest BCUT2D eigenvalue weighted by Crippen LogP contribution is -2.32. The first kappa shape index (κ1) is 20.7. The van der Waals surface area contributed by atoms with Crippen molar-refractivity contribution in [3.63, 3.8) is 0 Å². The van der Waals surface area contributed by atoms with Crippen molar-refractivity contribution in [2.24, 2.45) is 5.92 Å². The smallest absolute Gasteiger partial charge is 0.161 e. The molecule has 0 radical (unpaired) electrons. The molecule has 0 saturated carbocycles. The summed E-state index contributed by atoms with van der Waals surface area (Å²) in [6.45, 7) is -4.60. The molecule has 0 aliphatic rings. The van der Waals surface area contributed by atoms with Crippen LogP contribution in [-0.2, 0) is 11.8 Å². The first-order valence-corrected chi connectivity index (χ1v) is 10.8. The fourth-order valence-corrected chi connectivity index (χ4v) is 3.85. The minimum absolute atomic E-state index is 0. The monoisotopic (exact) mass is 496 g/mol. The lowest BCUT2D eigenvalue weighted by molar-refractivity contribution is 0.292. The second-order valence-electron chi connectivity index (χ2n) is 7.93. The van der Waals surface area contributed by atoms with E-state index in [1.807, 2.05) is 25.2 Å². The molecule has 0 aromatic heterocycles. The van der Waals surface area contributed by atoms with Gasteiger partial charge in [0.25, 0.3) is 0 Å². The van der Waals surface area contributed by atoms with Crippen LogP contribution in [0.1, 0.15) is 45.9 Å². The minimum atomic E-state index is -2.91. The first-order valence-electron chi connectivity index (χ1n) is 13.8. The summed E-state index contributed by atoms with van der Waals surface area (Å²) in [5.74, 6) is 0.0684. The number of benzene rings is 2. The maximum Gasteiger partial charge on any atom is 0.161 e. The topological polar surface area (TPSA) is 64.0 Å². The second-order valence-corrected chi connectivity index (χ2v) is 7.93. The van der Waals surface area contributed by atoms with Crippen molar-refractivity contribution in [1.82, 2.24) is 4.90 Å². The highest BCUT2D eigenvalue weighted by molar-refractivity contribution is 5.85. The number of nitriles is 1. The molecule has 0 N–H and O–H groups in total. The van der Waals surface area contributed by atoms with E-state index in [9.17, 15) is 5.26 Å². The maximum atomic E-state index is 10.5. The zero-order valence-electron chi connectivity index (χ0n) is 26.5. The largest absolute Gasteiger partial charge is 0.493 e. The second kappa shape index (κ2) is 13.9. The van der Waals surface area contributed by atoms with Crippen LogP contribution in [0, 0.1) is 17.2 Å². The van der Waals surface area contributed by atoms with Crippen LogP contribution >= 0.6 is 12.4 Å². The van der Waals surface area contributed by atoms with Gasteiger partial charge in [-0.15, -0.1) is 12.4 Å². The highest BCUT2D eigenvalue weighted by atomic mass is 35.5. The molecule has 2 aromatic carbocycles. The Labute approximate surface area is 219 Å². The number of hydrogen-bond acceptors (Lipinski definition) is 6. The molecule has 2 aromatic rings. The summed E-state index contributed by atoms with van der Waals surface area (Å²) in [6, 6.07) is 12.5. The van der Waals surface area contributed by atoms with Crippen LogP contribution in [0.4, 0.5) is 0 Å². The summed E-state index contributed by atoms with van der Waals surface area (Å²) in [5.41, 5.74) is -0.491. The molecule has 2 rings (SSSR count). The zero-order valence-corrected chi connectivity index (χ0v) is 21.3. The van der Waals surface area contributed by atoms with Crippen molar-refractivity contribution in [3.8, 4) is 29.1 Å². The summed E-state index contributed by atoms with van der Waals surface area (Å²) >= 11 is 0. The molecular formula is C27H39ClN2O4. The van der Waals surface area contributed by atoms with Gasteiger partial charge in [0, 0.05) is 14.8 Å². The summed E-state index contributed by atoms with van der Waals surface area (Å²) in [7, 11) is 7.97. The summed E-state index contributed by atoms with van der Waals surface area (Å²) in [5, 5.41) is 10.5. The lowest BCUT2D eigenvalue weighted by Gasteiger charge is -2.32. The fraction of sp³-hybridized carbons (Fsp3) is 0.519. The van der Waals surface area contributed by atoms with E-state index in [0.717, 1.165) is 12.0 Å². The third-order valence-electron chi connectivity index (χ3n) is 5.93. The van der Waals surface area contributed by atoms with E-state index in [1.54, 1.807) is 26.4 Å². The Bertz CT molecular complexity index is 1130. The van der Waals surface area contributed by atoms with E-state index in [1.165, 1.54) is 20.3 Å². The summed E-state index contributed by atoms with van der Waals surface area (Å²) in [4.78, 5) is 2.06. The average Bonchev–Trinajstić information content (AvgIpc) is 2.88. The van der Waals surface area contributed by atoms with Crippen molar-refractivity contribution >= 4 is 12.4 Å². The maximum absolute atomic E-state index is 10.5. The van der Waals surface area contributed by atoms with E-state index in [2.05, 4.69) is 11.0 Å². The van der Waals surface area contributed by atoms with Crippen LogP contribution in [0.5, 0.6) is 23.0 Å². The highest BCUT2D eigenvalue weighted by Gasteiger charge is 2.36. The fourth-order valence-electron chi connectivity index (χ4n) is 3.85. The lowest BCUT2D eigenvalue weighted by atomic mass is 9.69. The van der Waals surface area contributed by atoms with Gasteiger partial charge in [0.15, 0.2) is 23.0 Å². The molecule has 0 saturated heterocycles. The molecule has 0 fully saturated rings. The van der Waals surface area contributed by atoms with E-state index in [-0.39, 0.29) is 30.1 Å². The Morgan fingerprint density at radius 2 is 1.50 bits per heavy atom. The molecule has 0 aliphatic carbocycles. The van der Waals surface area contributed by atoms with Gasteiger partial charge in [-0.1, -0.05) is 25.8 Å². The van der Waals surface area contributed by atoms with Crippen LogP contribution in [0.3, 0.4) is 0 Å². The number of likely N-dealkylation sites (N-methyl/N-ethyl adjacent to an activating group) is 1. The SMILES string of the molecule is Cl.[2H]C([2H])([2H])C(C([2H])([2H])[2H])[C@@](C#N)(CCCN(C)CCc1ccc(OC)c(OC)c1)c1ccc(OC)c(OC)c1. The Hall–Kier alpha value is -2.62. The molecule has 1 atom stereocenters. The molecule has 0 bridgehead atoms. The normalized spacial score (nSPS) is 15.8. The van der Waals surface area contributed by atoms with Gasteiger partial charge < -0.3 is 23.8 Å². The quantitative estimate of drug-likeness (QED) is 0.364. The zero-order chi connectivity index (χ0) is 29.4. The number of methoxy groups -OCH3 is 4. The van der Waals surface area contributed by atoms with Gasteiger partial charge in [-0.05, 0) is 74.2 Å². The number of nitrogens with zero attached hydrogens (tertiary/aromatic N) is 2. The van der Waals surface area contributed by atoms with Crippen LogP contribution in [0.25, 0.3) is 0 Å². The number of hydrogen-bond donors (Lipinski definition) is 0. The highest BCUT2D eigenvalue weighted by Crippen LogP contribution is 2.40. The molecule has 0 heterocycles. The van der Waals surface area contributed by atoms with Crippen molar-refractivity contribution in [1.29, 1.82) is 5.26 Å². The molecular weight excluding hydrogens is 452 g/mol. The van der Waals surface area contributed by atoms with Crippen LogP contribution in [-0.4, -0.2) is 53.5 Å². The Kier molecular flexibility index (Phi) is 8.50. The molecule has 0 amide bonds. The van der Waals surface area contributed by atoms with E-state index < -0.39 is 25.0 Å². The summed E-state index contributed by atoms with van der Waals surface area (Å²) in [6.07, 6.45) is 1.15. The van der Waals surface area contributed by atoms with Crippen LogP contribution in [0.15, 0.2) is 36.4 Å². The van der Waals surface area contributed by atoms with E-state index in [0.29, 0.717) is 36.8 Å². The standard InChI is InChI=1S/C27H38N2O4.ClH/c1-20(2)27(19-28,22-10-12-24(31-5)26(18-22)33-7)14-8-15-29(3)16-13-21-9-11-23(30-4)25(17-21)32-6;/h9-12,17-18,20H,8,13-16H2,1-7H3;1H/t27-;/m0./s1/i1D3,2D3;. The van der Waals surface area contributed by atoms with Crippen molar-refractivity contribution in [3.05, 3.63) is 47.5 Å². The number of rotatable bonds is 13. The molecule has 34 heavy (non-hydrogen) atoms. The number of halogens is 1. The molecule has 0 aliphatic heterocycles. The molecule has 188 valence electrons. The Morgan fingerprint density at radius 3 is 2.06 bits per heavy atom. The first-order chi connectivity index (χ1) is 18.3. The minimum Gasteiger partial charge on any atom is -0.493 e. The third-order valence-corrected chi connectivity index (χ3v) is 5.93. The van der Waals surface area contributed by atoms with Gasteiger partial charge in [-0.25, -0.2) is 0 Å². The predicted octanol–water partition coefficient (Wildman–Crippen LogP) is 5.51. The molecule has 6 nitrogen and oxygen atoms in total. The Balaban J connectivity index is 0.00000800. The van der Waals surface area contributed by atoms with Gasteiger partial charge in [0.1, 0.15) is 0 Å². The number of ether oxygens (including phenoxy) is 4.